The van der Waals surface area contributed by atoms with E-state index in [1.165, 1.54) is 11.3 Å². The minimum atomic E-state index is -0.0475. The number of carbonyl (C=O) groups excluding carboxylic acids is 1. The molecule has 3 rings (SSSR count). The summed E-state index contributed by atoms with van der Waals surface area (Å²) in [4.78, 5) is 14.1. The van der Waals surface area contributed by atoms with Gasteiger partial charge in [0.1, 0.15) is 16.8 Å². The number of amides is 1. The Labute approximate surface area is 125 Å². The second-order valence-corrected chi connectivity index (χ2v) is 6.49. The molecule has 0 radical (unpaired) electrons. The summed E-state index contributed by atoms with van der Waals surface area (Å²) >= 11 is 3.05. The fraction of sp³-hybridized carbons (Fsp3) is 0.286. The highest BCUT2D eigenvalue weighted by atomic mass is 32.2. The Morgan fingerprint density at radius 2 is 2.45 bits per heavy atom. The topological polar surface area (TPSA) is 57.2 Å². The SMILES string of the molecule is N#Cc1ccsc1N1CC[C@@H](SCc2ccco2)C1=O. The largest absolute Gasteiger partial charge is 0.468 e. The Morgan fingerprint density at radius 1 is 1.55 bits per heavy atom. The third kappa shape index (κ3) is 2.47. The van der Waals surface area contributed by atoms with Gasteiger partial charge in [0.2, 0.25) is 5.91 Å². The average molecular weight is 304 g/mol. The Kier molecular flexibility index (Phi) is 3.81. The predicted molar refractivity (Wildman–Crippen MR) is 79.8 cm³/mol. The molecule has 2 aromatic rings. The molecule has 1 saturated heterocycles. The average Bonchev–Trinajstić information content (AvgIpc) is 3.17. The molecule has 1 amide bonds. The van der Waals surface area contributed by atoms with Gasteiger partial charge in [-0.1, -0.05) is 0 Å². The van der Waals surface area contributed by atoms with Crippen LogP contribution in [0, 0.1) is 11.3 Å². The van der Waals surface area contributed by atoms with Crippen molar-refractivity contribution in [2.45, 2.75) is 17.4 Å². The molecule has 0 aliphatic carbocycles. The van der Waals surface area contributed by atoms with Crippen LogP contribution in [0.25, 0.3) is 0 Å². The summed E-state index contributed by atoms with van der Waals surface area (Å²) in [6.45, 7) is 0.684. The second kappa shape index (κ2) is 5.73. The Hall–Kier alpha value is -1.71. The van der Waals surface area contributed by atoms with Gasteiger partial charge >= 0.3 is 0 Å². The Bertz CT molecular complexity index is 642. The molecule has 0 saturated carbocycles. The van der Waals surface area contributed by atoms with E-state index in [4.69, 9.17) is 9.68 Å². The summed E-state index contributed by atoms with van der Waals surface area (Å²) in [6, 6.07) is 7.66. The number of furan rings is 1. The van der Waals surface area contributed by atoms with E-state index < -0.39 is 0 Å². The van der Waals surface area contributed by atoms with E-state index in [1.54, 1.807) is 29.0 Å². The van der Waals surface area contributed by atoms with Gasteiger partial charge in [-0.25, -0.2) is 0 Å². The molecule has 6 heteroatoms. The first-order chi connectivity index (χ1) is 9.79. The zero-order valence-corrected chi connectivity index (χ0v) is 12.2. The van der Waals surface area contributed by atoms with Gasteiger partial charge in [-0.3, -0.25) is 4.79 Å². The second-order valence-electron chi connectivity index (χ2n) is 4.41. The van der Waals surface area contributed by atoms with Crippen LogP contribution in [0.15, 0.2) is 34.3 Å². The predicted octanol–water partition coefficient (Wildman–Crippen LogP) is 3.25. The van der Waals surface area contributed by atoms with Crippen LogP contribution in [0.4, 0.5) is 5.00 Å². The number of nitrogens with zero attached hydrogens (tertiary/aromatic N) is 2. The van der Waals surface area contributed by atoms with Gasteiger partial charge in [-0.2, -0.15) is 5.26 Å². The van der Waals surface area contributed by atoms with Crippen molar-refractivity contribution in [2.75, 3.05) is 11.4 Å². The molecule has 102 valence electrons. The van der Waals surface area contributed by atoms with Crippen LogP contribution >= 0.6 is 23.1 Å². The van der Waals surface area contributed by atoms with Gasteiger partial charge in [0, 0.05) is 6.54 Å². The van der Waals surface area contributed by atoms with Crippen LogP contribution in [0.2, 0.25) is 0 Å². The smallest absolute Gasteiger partial charge is 0.240 e. The van der Waals surface area contributed by atoms with Crippen LogP contribution < -0.4 is 4.90 Å². The van der Waals surface area contributed by atoms with Crippen LogP contribution in [-0.2, 0) is 10.5 Å². The maximum atomic E-state index is 12.4. The van der Waals surface area contributed by atoms with Crippen molar-refractivity contribution in [3.8, 4) is 6.07 Å². The molecule has 0 N–H and O–H groups in total. The van der Waals surface area contributed by atoms with Gasteiger partial charge in [0.15, 0.2) is 0 Å². The molecule has 1 aliphatic heterocycles. The van der Waals surface area contributed by atoms with E-state index in [9.17, 15) is 4.79 Å². The fourth-order valence-corrected chi connectivity index (χ4v) is 4.14. The number of nitriles is 1. The molecule has 20 heavy (non-hydrogen) atoms. The first-order valence-corrected chi connectivity index (χ1v) is 8.15. The number of hydrogen-bond acceptors (Lipinski definition) is 5. The molecule has 1 aliphatic rings. The third-order valence-corrected chi connectivity index (χ3v) is 5.40. The van der Waals surface area contributed by atoms with Crippen LogP contribution in [0.5, 0.6) is 0 Å². The number of anilines is 1. The van der Waals surface area contributed by atoms with Crippen LogP contribution in [0.1, 0.15) is 17.7 Å². The monoisotopic (exact) mass is 304 g/mol. The maximum absolute atomic E-state index is 12.4. The highest BCUT2D eigenvalue weighted by molar-refractivity contribution is 7.99. The minimum Gasteiger partial charge on any atom is -0.468 e. The van der Waals surface area contributed by atoms with Crippen molar-refractivity contribution >= 4 is 34.0 Å². The first-order valence-electron chi connectivity index (χ1n) is 6.22. The molecule has 0 aromatic carbocycles. The van der Waals surface area contributed by atoms with Gasteiger partial charge in [-0.15, -0.1) is 23.1 Å². The van der Waals surface area contributed by atoms with Crippen molar-refractivity contribution in [1.29, 1.82) is 5.26 Å². The highest BCUT2D eigenvalue weighted by Crippen LogP contribution is 2.35. The molecular weight excluding hydrogens is 292 g/mol. The summed E-state index contributed by atoms with van der Waals surface area (Å²) in [5.41, 5.74) is 0.583. The van der Waals surface area contributed by atoms with Crippen molar-refractivity contribution in [2.24, 2.45) is 0 Å². The lowest BCUT2D eigenvalue weighted by atomic mass is 10.3. The van der Waals surface area contributed by atoms with E-state index in [0.29, 0.717) is 17.9 Å². The molecule has 3 heterocycles. The van der Waals surface area contributed by atoms with Gasteiger partial charge in [0.25, 0.3) is 0 Å². The summed E-state index contributed by atoms with van der Waals surface area (Å²) in [7, 11) is 0. The van der Waals surface area contributed by atoms with Gasteiger partial charge in [-0.05, 0) is 30.0 Å². The van der Waals surface area contributed by atoms with E-state index in [2.05, 4.69) is 6.07 Å². The van der Waals surface area contributed by atoms with Crippen molar-refractivity contribution in [3.05, 3.63) is 41.2 Å². The van der Waals surface area contributed by atoms with Crippen LogP contribution in [-0.4, -0.2) is 17.7 Å². The van der Waals surface area contributed by atoms with Crippen molar-refractivity contribution in [3.63, 3.8) is 0 Å². The molecule has 0 bridgehead atoms. The molecule has 4 nitrogen and oxygen atoms in total. The van der Waals surface area contributed by atoms with E-state index >= 15 is 0 Å². The lowest BCUT2D eigenvalue weighted by molar-refractivity contribution is -0.116. The van der Waals surface area contributed by atoms with Crippen molar-refractivity contribution in [1.82, 2.24) is 0 Å². The molecule has 2 aromatic heterocycles. The number of thioether (sulfide) groups is 1. The first kappa shape index (κ1) is 13.3. The van der Waals surface area contributed by atoms with E-state index in [0.717, 1.165) is 17.2 Å². The third-order valence-electron chi connectivity index (χ3n) is 3.17. The van der Waals surface area contributed by atoms with Gasteiger partial charge in [0.05, 0.1) is 22.8 Å². The van der Waals surface area contributed by atoms with Crippen molar-refractivity contribution < 1.29 is 9.21 Å². The minimum absolute atomic E-state index is 0.0475. The lowest BCUT2D eigenvalue weighted by Crippen LogP contribution is -2.27. The standard InChI is InChI=1S/C14H12N2O2S2/c15-8-10-4-7-19-14(10)16-5-3-12(13(16)17)20-9-11-2-1-6-18-11/h1-2,4,6-7,12H,3,5,9H2/t12-/m1/s1. The maximum Gasteiger partial charge on any atom is 0.240 e. The number of hydrogen-bond donors (Lipinski definition) is 0. The molecule has 0 spiro atoms. The normalized spacial score (nSPS) is 18.4. The zero-order valence-electron chi connectivity index (χ0n) is 10.6. The summed E-state index contributed by atoms with van der Waals surface area (Å²) in [6.07, 6.45) is 2.45. The number of carbonyl (C=O) groups is 1. The van der Waals surface area contributed by atoms with Crippen LogP contribution in [0.3, 0.4) is 0 Å². The van der Waals surface area contributed by atoms with Gasteiger partial charge < -0.3 is 9.32 Å². The molecule has 0 unspecified atom stereocenters. The molecule has 1 fully saturated rings. The molecular formula is C14H12N2O2S2. The number of rotatable bonds is 4. The quantitative estimate of drug-likeness (QED) is 0.870. The Morgan fingerprint density at radius 3 is 3.20 bits per heavy atom. The highest BCUT2D eigenvalue weighted by Gasteiger charge is 2.34. The number of thiophene rings is 1. The fourth-order valence-electron chi connectivity index (χ4n) is 2.18. The lowest BCUT2D eigenvalue weighted by Gasteiger charge is -2.14. The summed E-state index contributed by atoms with van der Waals surface area (Å²) < 4.78 is 5.28. The van der Waals surface area contributed by atoms with E-state index in [1.807, 2.05) is 17.5 Å². The Balaban J connectivity index is 1.67. The summed E-state index contributed by atoms with van der Waals surface area (Å²) in [5.74, 6) is 1.68. The zero-order chi connectivity index (χ0) is 13.9. The molecule has 1 atom stereocenters. The van der Waals surface area contributed by atoms with E-state index in [-0.39, 0.29) is 11.2 Å². The summed E-state index contributed by atoms with van der Waals surface area (Å²) in [5, 5.41) is 11.6.